The molecule has 5 nitrogen and oxygen atoms in total. The van der Waals surface area contributed by atoms with E-state index >= 15 is 0 Å². The van der Waals surface area contributed by atoms with Gasteiger partial charge in [0.2, 0.25) is 5.95 Å². The molecule has 2 rings (SSSR count). The van der Waals surface area contributed by atoms with Crippen LogP contribution in [0.2, 0.25) is 0 Å². The van der Waals surface area contributed by atoms with Crippen LogP contribution in [0.25, 0.3) is 0 Å². The Kier molecular flexibility index (Phi) is 4.87. The standard InChI is InChI=1S/C15H21N5/c1-4-7-17-15-18-10-11(2)14(20-15)19-12(3)13-5-8-16-9-6-13/h5-6,8-10,12H,4,7H2,1-3H3,(H2,17,18,19,20). The number of hydrogen-bond donors (Lipinski definition) is 2. The monoisotopic (exact) mass is 271 g/mol. The molecule has 0 spiro atoms. The van der Waals surface area contributed by atoms with Crippen LogP contribution in [0.1, 0.15) is 37.4 Å². The van der Waals surface area contributed by atoms with Crippen LogP contribution in [0.15, 0.2) is 30.7 Å². The average Bonchev–Trinajstić information content (AvgIpc) is 2.49. The van der Waals surface area contributed by atoms with Crippen molar-refractivity contribution in [2.45, 2.75) is 33.2 Å². The third-order valence-corrected chi connectivity index (χ3v) is 3.06. The lowest BCUT2D eigenvalue weighted by Crippen LogP contribution is -2.12. The van der Waals surface area contributed by atoms with Crippen molar-refractivity contribution in [3.8, 4) is 0 Å². The van der Waals surface area contributed by atoms with Crippen molar-refractivity contribution < 1.29 is 0 Å². The topological polar surface area (TPSA) is 62.7 Å². The molecule has 2 N–H and O–H groups in total. The van der Waals surface area contributed by atoms with E-state index in [2.05, 4.69) is 39.4 Å². The molecule has 2 aromatic rings. The normalized spacial score (nSPS) is 11.9. The number of aryl methyl sites for hydroxylation is 1. The second-order valence-electron chi connectivity index (χ2n) is 4.80. The van der Waals surface area contributed by atoms with Crippen LogP contribution < -0.4 is 10.6 Å². The Morgan fingerprint density at radius 1 is 1.25 bits per heavy atom. The van der Waals surface area contributed by atoms with Crippen molar-refractivity contribution >= 4 is 11.8 Å². The third-order valence-electron chi connectivity index (χ3n) is 3.06. The second kappa shape index (κ2) is 6.84. The lowest BCUT2D eigenvalue weighted by molar-refractivity contribution is 0.862. The van der Waals surface area contributed by atoms with E-state index in [1.165, 1.54) is 5.56 Å². The van der Waals surface area contributed by atoms with Gasteiger partial charge in [0.1, 0.15) is 5.82 Å². The minimum absolute atomic E-state index is 0.172. The van der Waals surface area contributed by atoms with Crippen molar-refractivity contribution in [1.29, 1.82) is 0 Å². The van der Waals surface area contributed by atoms with Gasteiger partial charge in [0.05, 0.1) is 6.04 Å². The van der Waals surface area contributed by atoms with E-state index in [0.29, 0.717) is 5.95 Å². The molecule has 0 aliphatic heterocycles. The van der Waals surface area contributed by atoms with Gasteiger partial charge in [0, 0.05) is 30.7 Å². The molecule has 2 heterocycles. The number of anilines is 2. The fourth-order valence-electron chi connectivity index (χ4n) is 1.85. The van der Waals surface area contributed by atoms with Crippen LogP contribution in [-0.2, 0) is 0 Å². The Bertz CT molecular complexity index is 541. The molecule has 0 bridgehead atoms. The molecule has 20 heavy (non-hydrogen) atoms. The van der Waals surface area contributed by atoms with Crippen molar-refractivity contribution in [3.05, 3.63) is 41.9 Å². The number of rotatable bonds is 6. The first-order chi connectivity index (χ1) is 9.70. The quantitative estimate of drug-likeness (QED) is 0.845. The zero-order valence-electron chi connectivity index (χ0n) is 12.2. The predicted molar refractivity (Wildman–Crippen MR) is 81.8 cm³/mol. The van der Waals surface area contributed by atoms with Gasteiger partial charge in [0.15, 0.2) is 0 Å². The van der Waals surface area contributed by atoms with E-state index in [0.717, 1.165) is 24.3 Å². The van der Waals surface area contributed by atoms with Gasteiger partial charge in [-0.2, -0.15) is 4.98 Å². The van der Waals surface area contributed by atoms with Gasteiger partial charge in [-0.1, -0.05) is 6.92 Å². The second-order valence-corrected chi connectivity index (χ2v) is 4.80. The Morgan fingerprint density at radius 3 is 2.70 bits per heavy atom. The van der Waals surface area contributed by atoms with E-state index in [-0.39, 0.29) is 6.04 Å². The summed E-state index contributed by atoms with van der Waals surface area (Å²) < 4.78 is 0. The molecule has 0 amide bonds. The van der Waals surface area contributed by atoms with Crippen LogP contribution >= 0.6 is 0 Å². The lowest BCUT2D eigenvalue weighted by atomic mass is 10.1. The summed E-state index contributed by atoms with van der Waals surface area (Å²) >= 11 is 0. The molecule has 106 valence electrons. The van der Waals surface area contributed by atoms with Crippen LogP contribution in [-0.4, -0.2) is 21.5 Å². The molecule has 0 fully saturated rings. The number of nitrogens with one attached hydrogen (secondary N) is 2. The van der Waals surface area contributed by atoms with Gasteiger partial charge in [-0.15, -0.1) is 0 Å². The van der Waals surface area contributed by atoms with Gasteiger partial charge >= 0.3 is 0 Å². The summed E-state index contributed by atoms with van der Waals surface area (Å²) in [4.78, 5) is 12.8. The summed E-state index contributed by atoms with van der Waals surface area (Å²) in [6.45, 7) is 7.11. The molecular formula is C15H21N5. The first kappa shape index (κ1) is 14.2. The Morgan fingerprint density at radius 2 is 2.00 bits per heavy atom. The fraction of sp³-hybridized carbons (Fsp3) is 0.400. The fourth-order valence-corrected chi connectivity index (χ4v) is 1.85. The van der Waals surface area contributed by atoms with Gasteiger partial charge in [-0.05, 0) is 38.0 Å². The Hall–Kier alpha value is -2.17. The summed E-state index contributed by atoms with van der Waals surface area (Å²) in [5, 5.41) is 6.63. The van der Waals surface area contributed by atoms with Gasteiger partial charge in [0.25, 0.3) is 0 Å². The minimum atomic E-state index is 0.172. The number of hydrogen-bond acceptors (Lipinski definition) is 5. The maximum Gasteiger partial charge on any atom is 0.224 e. The van der Waals surface area contributed by atoms with Crippen LogP contribution in [0.5, 0.6) is 0 Å². The average molecular weight is 271 g/mol. The summed E-state index contributed by atoms with van der Waals surface area (Å²) in [5.41, 5.74) is 2.22. The van der Waals surface area contributed by atoms with Gasteiger partial charge < -0.3 is 10.6 Å². The van der Waals surface area contributed by atoms with Crippen LogP contribution in [0.3, 0.4) is 0 Å². The Labute approximate surface area is 119 Å². The summed E-state index contributed by atoms with van der Waals surface area (Å²) in [6, 6.07) is 4.18. The number of pyridine rings is 1. The molecule has 0 aliphatic rings. The molecule has 0 saturated carbocycles. The zero-order chi connectivity index (χ0) is 14.4. The van der Waals surface area contributed by atoms with E-state index in [4.69, 9.17) is 0 Å². The molecule has 1 atom stereocenters. The highest BCUT2D eigenvalue weighted by molar-refractivity contribution is 5.48. The Balaban J connectivity index is 2.11. The smallest absolute Gasteiger partial charge is 0.224 e. The molecule has 0 radical (unpaired) electrons. The van der Waals surface area contributed by atoms with E-state index in [1.54, 1.807) is 12.4 Å². The van der Waals surface area contributed by atoms with E-state index in [1.807, 2.05) is 25.3 Å². The van der Waals surface area contributed by atoms with E-state index in [9.17, 15) is 0 Å². The molecule has 0 aliphatic carbocycles. The van der Waals surface area contributed by atoms with Gasteiger partial charge in [-0.25, -0.2) is 4.98 Å². The summed E-state index contributed by atoms with van der Waals surface area (Å²) in [7, 11) is 0. The van der Waals surface area contributed by atoms with E-state index < -0.39 is 0 Å². The van der Waals surface area contributed by atoms with Crippen molar-refractivity contribution in [2.24, 2.45) is 0 Å². The third kappa shape index (κ3) is 3.66. The maximum atomic E-state index is 4.53. The number of nitrogens with zero attached hydrogens (tertiary/aromatic N) is 3. The summed E-state index contributed by atoms with van der Waals surface area (Å²) in [6.07, 6.45) is 6.49. The molecule has 1 unspecified atom stereocenters. The molecular weight excluding hydrogens is 250 g/mol. The lowest BCUT2D eigenvalue weighted by Gasteiger charge is -2.17. The maximum absolute atomic E-state index is 4.53. The first-order valence-electron chi connectivity index (χ1n) is 6.94. The van der Waals surface area contributed by atoms with Crippen molar-refractivity contribution in [1.82, 2.24) is 15.0 Å². The zero-order valence-corrected chi connectivity index (χ0v) is 12.2. The molecule has 2 aromatic heterocycles. The number of aromatic nitrogens is 3. The highest BCUT2D eigenvalue weighted by Gasteiger charge is 2.09. The van der Waals surface area contributed by atoms with Crippen molar-refractivity contribution in [2.75, 3.05) is 17.2 Å². The van der Waals surface area contributed by atoms with Gasteiger partial charge in [-0.3, -0.25) is 4.98 Å². The molecule has 0 aromatic carbocycles. The predicted octanol–water partition coefficient (Wildman–Crippen LogP) is 3.18. The van der Waals surface area contributed by atoms with Crippen LogP contribution in [0, 0.1) is 6.92 Å². The van der Waals surface area contributed by atoms with Crippen molar-refractivity contribution in [3.63, 3.8) is 0 Å². The first-order valence-corrected chi connectivity index (χ1v) is 6.94. The highest BCUT2D eigenvalue weighted by Crippen LogP contribution is 2.20. The molecule has 0 saturated heterocycles. The largest absolute Gasteiger partial charge is 0.363 e. The minimum Gasteiger partial charge on any atom is -0.363 e. The summed E-state index contributed by atoms with van der Waals surface area (Å²) in [5.74, 6) is 1.53. The SMILES string of the molecule is CCCNc1ncc(C)c(NC(C)c2ccncc2)n1. The highest BCUT2D eigenvalue weighted by atomic mass is 15.1. The van der Waals surface area contributed by atoms with Crippen LogP contribution in [0.4, 0.5) is 11.8 Å². The molecule has 5 heteroatoms.